The molecule has 6 nitrogen and oxygen atoms in total. The van der Waals surface area contributed by atoms with E-state index in [0.717, 1.165) is 22.9 Å². The fourth-order valence-corrected chi connectivity index (χ4v) is 6.59. The third kappa shape index (κ3) is 2.10. The number of benzene rings is 2. The number of amides is 3. The first-order valence-corrected chi connectivity index (χ1v) is 11.1. The number of nitrogens with one attached hydrogen (secondary N) is 1. The number of rotatable bonds is 1. The molecule has 0 aromatic heterocycles. The third-order valence-electron chi connectivity index (χ3n) is 7.02. The molecule has 6 rings (SSSR count). The molecule has 4 aliphatic rings. The molecule has 2 aromatic rings. The van der Waals surface area contributed by atoms with Gasteiger partial charge in [-0.2, -0.15) is 0 Å². The average Bonchev–Trinajstić information content (AvgIpc) is 3.40. The minimum absolute atomic E-state index is 0.133. The predicted molar refractivity (Wildman–Crippen MR) is 115 cm³/mol. The summed E-state index contributed by atoms with van der Waals surface area (Å²) in [7, 11) is 0. The number of hydrogen-bond acceptors (Lipinski definition) is 4. The van der Waals surface area contributed by atoms with E-state index in [0.29, 0.717) is 22.9 Å². The maximum atomic E-state index is 13.8. The number of anilines is 2. The van der Waals surface area contributed by atoms with Gasteiger partial charge in [0.25, 0.3) is 0 Å². The van der Waals surface area contributed by atoms with Crippen molar-refractivity contribution in [2.45, 2.75) is 24.4 Å². The number of carbonyl (C=O) groups is 3. The first-order valence-electron chi connectivity index (χ1n) is 9.96. The topological polar surface area (TPSA) is 69.7 Å². The minimum atomic E-state index is -1.16. The zero-order valence-corrected chi connectivity index (χ0v) is 18.1. The second kappa shape index (κ2) is 6.15. The molecule has 4 heterocycles. The van der Waals surface area contributed by atoms with E-state index in [1.165, 1.54) is 4.90 Å². The molecule has 0 radical (unpaired) electrons. The average molecular weight is 487 g/mol. The van der Waals surface area contributed by atoms with Gasteiger partial charge in [0.2, 0.25) is 17.7 Å². The van der Waals surface area contributed by atoms with Crippen molar-refractivity contribution in [2.75, 3.05) is 16.8 Å². The Bertz CT molecular complexity index is 1150. The number of halogens is 2. The molecule has 8 heteroatoms. The van der Waals surface area contributed by atoms with Crippen LogP contribution in [0.3, 0.4) is 0 Å². The summed E-state index contributed by atoms with van der Waals surface area (Å²) in [5.41, 5.74) is 0.774. The highest BCUT2D eigenvalue weighted by Gasteiger charge is 2.74. The Morgan fingerprint density at radius 3 is 2.73 bits per heavy atom. The van der Waals surface area contributed by atoms with Crippen LogP contribution >= 0.6 is 27.5 Å². The van der Waals surface area contributed by atoms with Crippen molar-refractivity contribution in [1.29, 1.82) is 0 Å². The van der Waals surface area contributed by atoms with Gasteiger partial charge in [-0.3, -0.25) is 19.3 Å². The van der Waals surface area contributed by atoms with E-state index in [4.69, 9.17) is 11.6 Å². The smallest absolute Gasteiger partial charge is 0.250 e. The molecule has 1 spiro atoms. The molecule has 0 unspecified atom stereocenters. The van der Waals surface area contributed by atoms with Crippen LogP contribution in [0.4, 0.5) is 11.4 Å². The van der Waals surface area contributed by atoms with Crippen molar-refractivity contribution in [3.8, 4) is 0 Å². The molecule has 0 bridgehead atoms. The second-order valence-electron chi connectivity index (χ2n) is 8.31. The molecule has 3 saturated heterocycles. The number of nitrogens with zero attached hydrogens (tertiary/aromatic N) is 2. The Hall–Kier alpha value is -2.22. The number of imide groups is 1. The molecule has 1 N–H and O–H groups in total. The molecule has 3 fully saturated rings. The fourth-order valence-electron chi connectivity index (χ4n) is 6.04. The summed E-state index contributed by atoms with van der Waals surface area (Å²) in [6.07, 6.45) is 1.69. The van der Waals surface area contributed by atoms with Gasteiger partial charge in [0.15, 0.2) is 0 Å². The standard InChI is InChI=1S/C22H17BrClN3O3/c23-11-6-7-15-14(9-11)22(21(30)25-15)18-17(16-5-2-8-26(16)22)19(28)27(20(18)29)13-4-1-3-12(24)10-13/h1,3-4,6-7,9-10,16-18H,2,5,8H2,(H,25,30)/t16-,17+,18+,22-/m0/s1. The molecule has 4 atom stereocenters. The lowest BCUT2D eigenvalue weighted by Gasteiger charge is -2.36. The van der Waals surface area contributed by atoms with Crippen LogP contribution in [-0.2, 0) is 19.9 Å². The highest BCUT2D eigenvalue weighted by Crippen LogP contribution is 2.60. The monoisotopic (exact) mass is 485 g/mol. The molecule has 152 valence electrons. The van der Waals surface area contributed by atoms with Crippen LogP contribution in [0, 0.1) is 11.8 Å². The molecule has 4 aliphatic heterocycles. The zero-order chi connectivity index (χ0) is 20.8. The van der Waals surface area contributed by atoms with Gasteiger partial charge in [-0.25, -0.2) is 4.90 Å². The molecular weight excluding hydrogens is 470 g/mol. The van der Waals surface area contributed by atoms with E-state index in [2.05, 4.69) is 26.1 Å². The van der Waals surface area contributed by atoms with E-state index in [1.54, 1.807) is 24.3 Å². The largest absolute Gasteiger partial charge is 0.324 e. The Morgan fingerprint density at radius 2 is 1.93 bits per heavy atom. The predicted octanol–water partition coefficient (Wildman–Crippen LogP) is 3.53. The summed E-state index contributed by atoms with van der Waals surface area (Å²) in [5.74, 6) is -2.09. The van der Waals surface area contributed by atoms with Gasteiger partial charge in [-0.1, -0.05) is 33.6 Å². The molecular formula is C22H17BrClN3O3. The van der Waals surface area contributed by atoms with Crippen LogP contribution in [0.25, 0.3) is 0 Å². The molecule has 30 heavy (non-hydrogen) atoms. The first kappa shape index (κ1) is 18.5. The number of fused-ring (bicyclic) bond motifs is 7. The van der Waals surface area contributed by atoms with Gasteiger partial charge >= 0.3 is 0 Å². The molecule has 3 amide bonds. The number of carbonyl (C=O) groups excluding carboxylic acids is 3. The highest BCUT2D eigenvalue weighted by atomic mass is 79.9. The summed E-state index contributed by atoms with van der Waals surface area (Å²) in [4.78, 5) is 44.2. The second-order valence-corrected chi connectivity index (χ2v) is 9.66. The summed E-state index contributed by atoms with van der Waals surface area (Å²) in [6, 6.07) is 12.2. The normalized spacial score (nSPS) is 32.0. The SMILES string of the molecule is O=C1[C@@H]2[C@@H]3CCCN3[C@]3(C(=O)Nc4ccc(Br)cc43)[C@H]2C(=O)N1c1cccc(Cl)c1. The highest BCUT2D eigenvalue weighted by molar-refractivity contribution is 9.10. The maximum absolute atomic E-state index is 13.8. The number of hydrogen-bond donors (Lipinski definition) is 1. The van der Waals surface area contributed by atoms with Crippen LogP contribution in [-0.4, -0.2) is 35.2 Å². The van der Waals surface area contributed by atoms with Crippen LogP contribution in [0.5, 0.6) is 0 Å². The summed E-state index contributed by atoms with van der Waals surface area (Å²) in [5, 5.41) is 3.43. The maximum Gasteiger partial charge on any atom is 0.250 e. The van der Waals surface area contributed by atoms with Crippen LogP contribution in [0.1, 0.15) is 18.4 Å². The van der Waals surface area contributed by atoms with E-state index in [1.807, 2.05) is 18.2 Å². The van der Waals surface area contributed by atoms with Gasteiger partial charge in [0.1, 0.15) is 5.54 Å². The lowest BCUT2D eigenvalue weighted by molar-refractivity contribution is -0.135. The van der Waals surface area contributed by atoms with Gasteiger partial charge in [-0.05, 0) is 55.8 Å². The molecule has 0 aliphatic carbocycles. The Balaban J connectivity index is 1.57. The van der Waals surface area contributed by atoms with Gasteiger partial charge in [-0.15, -0.1) is 0 Å². The Kier molecular flexibility index (Phi) is 3.80. The summed E-state index contributed by atoms with van der Waals surface area (Å²) < 4.78 is 0.833. The fraction of sp³-hybridized carbons (Fsp3) is 0.318. The van der Waals surface area contributed by atoms with Crippen molar-refractivity contribution in [3.63, 3.8) is 0 Å². The van der Waals surface area contributed by atoms with Crippen molar-refractivity contribution in [1.82, 2.24) is 4.90 Å². The van der Waals surface area contributed by atoms with Crippen molar-refractivity contribution in [2.24, 2.45) is 11.8 Å². The summed E-state index contributed by atoms with van der Waals surface area (Å²) >= 11 is 9.64. The van der Waals surface area contributed by atoms with Crippen LogP contribution in [0.15, 0.2) is 46.9 Å². The molecule has 0 saturated carbocycles. The minimum Gasteiger partial charge on any atom is -0.324 e. The first-order chi connectivity index (χ1) is 14.4. The van der Waals surface area contributed by atoms with Crippen LogP contribution < -0.4 is 10.2 Å². The van der Waals surface area contributed by atoms with E-state index in [-0.39, 0.29) is 23.8 Å². The lowest BCUT2D eigenvalue weighted by Crippen LogP contribution is -2.54. The molecule has 2 aromatic carbocycles. The van der Waals surface area contributed by atoms with E-state index < -0.39 is 17.4 Å². The quantitative estimate of drug-likeness (QED) is 0.626. The van der Waals surface area contributed by atoms with Gasteiger partial charge < -0.3 is 5.32 Å². The van der Waals surface area contributed by atoms with Crippen LogP contribution in [0.2, 0.25) is 5.02 Å². The Morgan fingerprint density at radius 1 is 1.10 bits per heavy atom. The Labute approximate surface area is 186 Å². The van der Waals surface area contributed by atoms with Gasteiger partial charge in [0.05, 0.1) is 17.5 Å². The summed E-state index contributed by atoms with van der Waals surface area (Å²) in [6.45, 7) is 0.689. The van der Waals surface area contributed by atoms with Crippen molar-refractivity contribution < 1.29 is 14.4 Å². The van der Waals surface area contributed by atoms with Crippen molar-refractivity contribution >= 4 is 56.6 Å². The van der Waals surface area contributed by atoms with Crippen molar-refractivity contribution in [3.05, 3.63) is 57.5 Å². The lowest BCUT2D eigenvalue weighted by atomic mass is 9.75. The van der Waals surface area contributed by atoms with E-state index >= 15 is 0 Å². The van der Waals surface area contributed by atoms with E-state index in [9.17, 15) is 14.4 Å². The third-order valence-corrected chi connectivity index (χ3v) is 7.75. The van der Waals surface area contributed by atoms with Gasteiger partial charge in [0, 0.05) is 26.8 Å². The zero-order valence-electron chi connectivity index (χ0n) is 15.8.